The maximum Gasteiger partial charge on any atom is 0.296 e. The van der Waals surface area contributed by atoms with Crippen LogP contribution in [0.2, 0.25) is 0 Å². The minimum atomic E-state index is -3.87. The Balaban J connectivity index is 2.60. The lowest BCUT2D eigenvalue weighted by atomic mass is 10.2. The van der Waals surface area contributed by atoms with Gasteiger partial charge in [-0.05, 0) is 19.1 Å². The maximum atomic E-state index is 12.5. The molecule has 0 aliphatic rings. The predicted octanol–water partition coefficient (Wildman–Crippen LogP) is 2.40. The standard InChI is InChI=1S/C11H14F2O3S/c1-9-2-4-11(5-3-9)17(14,15)16-7-6-10(13)8-12/h2-5,10H,6-8H2,1H3. The normalized spacial score (nSPS) is 13.6. The topological polar surface area (TPSA) is 43.4 Å². The number of benzene rings is 1. The molecule has 1 atom stereocenters. The van der Waals surface area contributed by atoms with Gasteiger partial charge in [0.2, 0.25) is 0 Å². The molecule has 0 bridgehead atoms. The highest BCUT2D eigenvalue weighted by molar-refractivity contribution is 7.86. The molecule has 1 aromatic carbocycles. The SMILES string of the molecule is Cc1ccc(S(=O)(=O)OCCC(F)CF)cc1. The molecule has 96 valence electrons. The summed E-state index contributed by atoms with van der Waals surface area (Å²) in [5.74, 6) is 0. The van der Waals surface area contributed by atoms with Crippen LogP contribution < -0.4 is 0 Å². The summed E-state index contributed by atoms with van der Waals surface area (Å²) in [4.78, 5) is 0.0127. The van der Waals surface area contributed by atoms with Gasteiger partial charge in [0, 0.05) is 6.42 Å². The molecule has 0 radical (unpaired) electrons. The molecule has 6 heteroatoms. The highest BCUT2D eigenvalue weighted by Gasteiger charge is 2.16. The second-order valence-electron chi connectivity index (χ2n) is 3.63. The first-order valence-electron chi connectivity index (χ1n) is 5.12. The van der Waals surface area contributed by atoms with Gasteiger partial charge >= 0.3 is 0 Å². The number of hydrogen-bond acceptors (Lipinski definition) is 3. The van der Waals surface area contributed by atoms with Crippen LogP contribution in [0.1, 0.15) is 12.0 Å². The Morgan fingerprint density at radius 3 is 2.41 bits per heavy atom. The number of alkyl halides is 2. The highest BCUT2D eigenvalue weighted by atomic mass is 32.2. The van der Waals surface area contributed by atoms with Crippen LogP contribution in [0.25, 0.3) is 0 Å². The Hall–Kier alpha value is -1.01. The van der Waals surface area contributed by atoms with Crippen molar-refractivity contribution >= 4 is 10.1 Å². The van der Waals surface area contributed by atoms with Crippen molar-refractivity contribution in [3.63, 3.8) is 0 Å². The van der Waals surface area contributed by atoms with E-state index < -0.39 is 23.0 Å². The first-order chi connectivity index (χ1) is 7.95. The van der Waals surface area contributed by atoms with Crippen molar-refractivity contribution < 1.29 is 21.4 Å². The Bertz CT molecular complexity index is 442. The van der Waals surface area contributed by atoms with Gasteiger partial charge in [0.05, 0.1) is 11.5 Å². The van der Waals surface area contributed by atoms with Crippen LogP contribution in [-0.2, 0) is 14.3 Å². The Labute approximate surface area is 99.5 Å². The average molecular weight is 264 g/mol. The summed E-state index contributed by atoms with van der Waals surface area (Å²) >= 11 is 0. The Kier molecular flexibility index (Phi) is 5.02. The van der Waals surface area contributed by atoms with Gasteiger partial charge in [-0.2, -0.15) is 8.42 Å². The summed E-state index contributed by atoms with van der Waals surface area (Å²) < 4.78 is 52.0. The first-order valence-corrected chi connectivity index (χ1v) is 6.52. The summed E-state index contributed by atoms with van der Waals surface area (Å²) in [6.07, 6.45) is -1.95. The van der Waals surface area contributed by atoms with Crippen molar-refractivity contribution in [2.45, 2.75) is 24.4 Å². The molecule has 1 rings (SSSR count). The first kappa shape index (κ1) is 14.1. The molecule has 0 saturated carbocycles. The van der Waals surface area contributed by atoms with Crippen LogP contribution in [0, 0.1) is 6.92 Å². The number of hydrogen-bond donors (Lipinski definition) is 0. The molecule has 3 nitrogen and oxygen atoms in total. The lowest BCUT2D eigenvalue weighted by Crippen LogP contribution is -2.12. The fraction of sp³-hybridized carbons (Fsp3) is 0.455. The third-order valence-corrected chi connectivity index (χ3v) is 3.47. The molecule has 0 aliphatic carbocycles. The van der Waals surface area contributed by atoms with Gasteiger partial charge in [-0.15, -0.1) is 0 Å². The molecular weight excluding hydrogens is 250 g/mol. The van der Waals surface area contributed by atoms with Gasteiger partial charge in [-0.25, -0.2) is 8.78 Å². The van der Waals surface area contributed by atoms with Gasteiger partial charge in [0.25, 0.3) is 10.1 Å². The van der Waals surface area contributed by atoms with Crippen molar-refractivity contribution in [1.82, 2.24) is 0 Å². The summed E-state index contributed by atoms with van der Waals surface area (Å²) in [6, 6.07) is 6.09. The van der Waals surface area contributed by atoms with Gasteiger partial charge in [-0.3, -0.25) is 4.18 Å². The summed E-state index contributed by atoms with van der Waals surface area (Å²) in [7, 11) is -3.87. The van der Waals surface area contributed by atoms with E-state index in [2.05, 4.69) is 4.18 Å². The zero-order valence-electron chi connectivity index (χ0n) is 9.40. The molecule has 0 fully saturated rings. The van der Waals surface area contributed by atoms with Crippen molar-refractivity contribution in [1.29, 1.82) is 0 Å². The van der Waals surface area contributed by atoms with E-state index in [1.54, 1.807) is 12.1 Å². The van der Waals surface area contributed by atoms with E-state index in [1.807, 2.05) is 6.92 Å². The minimum Gasteiger partial charge on any atom is -0.266 e. The maximum absolute atomic E-state index is 12.5. The van der Waals surface area contributed by atoms with Gasteiger partial charge in [0.1, 0.15) is 12.8 Å². The zero-order chi connectivity index (χ0) is 12.9. The fourth-order valence-electron chi connectivity index (χ4n) is 1.14. The molecule has 1 aromatic rings. The quantitative estimate of drug-likeness (QED) is 0.741. The summed E-state index contributed by atoms with van der Waals surface area (Å²) in [5.41, 5.74) is 0.921. The van der Waals surface area contributed by atoms with E-state index in [1.165, 1.54) is 12.1 Å². The van der Waals surface area contributed by atoms with Crippen LogP contribution in [0.15, 0.2) is 29.2 Å². The van der Waals surface area contributed by atoms with E-state index in [-0.39, 0.29) is 17.9 Å². The summed E-state index contributed by atoms with van der Waals surface area (Å²) in [5, 5.41) is 0. The molecule has 0 heterocycles. The van der Waals surface area contributed by atoms with Crippen LogP contribution in [-0.4, -0.2) is 27.9 Å². The van der Waals surface area contributed by atoms with Crippen LogP contribution >= 0.6 is 0 Å². The molecule has 0 amide bonds. The molecule has 0 aromatic heterocycles. The molecular formula is C11H14F2O3S. The molecule has 1 unspecified atom stereocenters. The fourth-order valence-corrected chi connectivity index (χ4v) is 2.06. The lowest BCUT2D eigenvalue weighted by Gasteiger charge is -2.06. The van der Waals surface area contributed by atoms with Crippen LogP contribution in [0.3, 0.4) is 0 Å². The number of rotatable bonds is 6. The Morgan fingerprint density at radius 1 is 1.29 bits per heavy atom. The lowest BCUT2D eigenvalue weighted by molar-refractivity contribution is 0.204. The number of aryl methyl sites for hydroxylation is 1. The Morgan fingerprint density at radius 2 is 1.88 bits per heavy atom. The summed E-state index contributed by atoms with van der Waals surface area (Å²) in [6.45, 7) is 0.335. The van der Waals surface area contributed by atoms with Crippen LogP contribution in [0.5, 0.6) is 0 Å². The molecule has 0 N–H and O–H groups in total. The van der Waals surface area contributed by atoms with Crippen molar-refractivity contribution in [2.75, 3.05) is 13.3 Å². The molecule has 0 saturated heterocycles. The van der Waals surface area contributed by atoms with Crippen molar-refractivity contribution in [3.8, 4) is 0 Å². The van der Waals surface area contributed by atoms with Crippen molar-refractivity contribution in [3.05, 3.63) is 29.8 Å². The minimum absolute atomic E-state index is 0.0127. The van der Waals surface area contributed by atoms with E-state index in [4.69, 9.17) is 0 Å². The highest BCUT2D eigenvalue weighted by Crippen LogP contribution is 2.14. The van der Waals surface area contributed by atoms with Gasteiger partial charge < -0.3 is 0 Å². The largest absolute Gasteiger partial charge is 0.296 e. The smallest absolute Gasteiger partial charge is 0.266 e. The second-order valence-corrected chi connectivity index (χ2v) is 5.24. The molecule has 17 heavy (non-hydrogen) atoms. The second kappa shape index (κ2) is 6.07. The molecule has 0 aliphatic heterocycles. The third-order valence-electron chi connectivity index (χ3n) is 2.15. The molecule has 0 spiro atoms. The monoisotopic (exact) mass is 264 g/mol. The zero-order valence-corrected chi connectivity index (χ0v) is 10.2. The van der Waals surface area contributed by atoms with Crippen LogP contribution in [0.4, 0.5) is 8.78 Å². The van der Waals surface area contributed by atoms with Gasteiger partial charge in [0.15, 0.2) is 0 Å². The van der Waals surface area contributed by atoms with E-state index in [0.29, 0.717) is 0 Å². The average Bonchev–Trinajstić information content (AvgIpc) is 2.29. The third kappa shape index (κ3) is 4.40. The van der Waals surface area contributed by atoms with Crippen molar-refractivity contribution in [2.24, 2.45) is 0 Å². The number of halogens is 2. The van der Waals surface area contributed by atoms with E-state index >= 15 is 0 Å². The van der Waals surface area contributed by atoms with E-state index in [9.17, 15) is 17.2 Å². The van der Waals surface area contributed by atoms with Gasteiger partial charge in [-0.1, -0.05) is 17.7 Å². The van der Waals surface area contributed by atoms with E-state index in [0.717, 1.165) is 5.56 Å². The predicted molar refractivity (Wildman–Crippen MR) is 59.8 cm³/mol.